The van der Waals surface area contributed by atoms with Crippen molar-refractivity contribution in [2.75, 3.05) is 26.7 Å². The van der Waals surface area contributed by atoms with E-state index in [-0.39, 0.29) is 11.9 Å². The SMILES string of the molecule is COc1cccc(C(CNC(=O)c2ccc(C)s2)N2CCCC2)c1. The van der Waals surface area contributed by atoms with Crippen LogP contribution in [0.25, 0.3) is 0 Å². The number of benzene rings is 1. The highest BCUT2D eigenvalue weighted by Gasteiger charge is 2.24. The molecular formula is C19H24N2O2S. The Bertz CT molecular complexity index is 692. The van der Waals surface area contributed by atoms with Gasteiger partial charge in [0.1, 0.15) is 5.75 Å². The summed E-state index contributed by atoms with van der Waals surface area (Å²) in [5.74, 6) is 0.872. The van der Waals surface area contributed by atoms with E-state index in [1.54, 1.807) is 7.11 Å². The van der Waals surface area contributed by atoms with Crippen LogP contribution >= 0.6 is 11.3 Å². The van der Waals surface area contributed by atoms with Gasteiger partial charge < -0.3 is 10.1 Å². The second kappa shape index (κ2) is 7.81. The van der Waals surface area contributed by atoms with E-state index in [1.807, 2.05) is 31.2 Å². The largest absolute Gasteiger partial charge is 0.497 e. The lowest BCUT2D eigenvalue weighted by atomic mass is 10.0. The molecule has 0 saturated carbocycles. The Labute approximate surface area is 147 Å². The third-order valence-corrected chi connectivity index (χ3v) is 5.48. The third kappa shape index (κ3) is 3.97. The van der Waals surface area contributed by atoms with Gasteiger partial charge in [-0.2, -0.15) is 0 Å². The highest BCUT2D eigenvalue weighted by molar-refractivity contribution is 7.13. The molecule has 1 atom stereocenters. The first kappa shape index (κ1) is 17.0. The Morgan fingerprint density at radius 3 is 2.75 bits per heavy atom. The first-order valence-corrected chi connectivity index (χ1v) is 9.21. The normalized spacial score (nSPS) is 16.1. The number of thiophene rings is 1. The first-order chi connectivity index (χ1) is 11.7. The van der Waals surface area contributed by atoms with Crippen molar-refractivity contribution in [1.29, 1.82) is 0 Å². The Balaban J connectivity index is 1.73. The van der Waals surface area contributed by atoms with Crippen molar-refractivity contribution >= 4 is 17.2 Å². The second-order valence-electron chi connectivity index (χ2n) is 6.16. The van der Waals surface area contributed by atoms with E-state index < -0.39 is 0 Å². The molecule has 24 heavy (non-hydrogen) atoms. The van der Waals surface area contributed by atoms with Crippen LogP contribution < -0.4 is 10.1 Å². The number of methoxy groups -OCH3 is 1. The fourth-order valence-corrected chi connectivity index (χ4v) is 3.98. The van der Waals surface area contributed by atoms with Crippen LogP contribution in [0, 0.1) is 6.92 Å². The zero-order valence-corrected chi connectivity index (χ0v) is 15.1. The van der Waals surface area contributed by atoms with Crippen molar-refractivity contribution in [3.05, 3.63) is 51.7 Å². The van der Waals surface area contributed by atoms with Crippen molar-refractivity contribution < 1.29 is 9.53 Å². The van der Waals surface area contributed by atoms with E-state index in [1.165, 1.54) is 29.7 Å². The summed E-state index contributed by atoms with van der Waals surface area (Å²) in [4.78, 5) is 16.8. The molecule has 2 aromatic rings. The summed E-state index contributed by atoms with van der Waals surface area (Å²) in [6, 6.07) is 12.2. The number of hydrogen-bond acceptors (Lipinski definition) is 4. The standard InChI is InChI=1S/C19H24N2O2S/c1-14-8-9-18(24-14)19(22)20-13-17(21-10-3-4-11-21)15-6-5-7-16(12-15)23-2/h5-9,12,17H,3-4,10-11,13H2,1-2H3,(H,20,22). The highest BCUT2D eigenvalue weighted by Crippen LogP contribution is 2.27. The molecule has 3 rings (SSSR count). The molecule has 1 saturated heterocycles. The Kier molecular flexibility index (Phi) is 5.53. The molecule has 1 N–H and O–H groups in total. The smallest absolute Gasteiger partial charge is 0.261 e. The number of carbonyl (C=O) groups is 1. The highest BCUT2D eigenvalue weighted by atomic mass is 32.1. The monoisotopic (exact) mass is 344 g/mol. The predicted molar refractivity (Wildman–Crippen MR) is 97.9 cm³/mol. The van der Waals surface area contributed by atoms with Crippen molar-refractivity contribution in [3.8, 4) is 5.75 Å². The number of amides is 1. The molecule has 0 aliphatic carbocycles. The lowest BCUT2D eigenvalue weighted by Gasteiger charge is -2.28. The molecular weight excluding hydrogens is 320 g/mol. The van der Waals surface area contributed by atoms with E-state index in [9.17, 15) is 4.79 Å². The van der Waals surface area contributed by atoms with Gasteiger partial charge in [0.05, 0.1) is 18.0 Å². The van der Waals surface area contributed by atoms with Gasteiger partial charge in [0, 0.05) is 11.4 Å². The van der Waals surface area contributed by atoms with Gasteiger partial charge in [0.25, 0.3) is 5.91 Å². The van der Waals surface area contributed by atoms with Gasteiger partial charge in [-0.25, -0.2) is 0 Å². The van der Waals surface area contributed by atoms with Crippen molar-refractivity contribution in [3.63, 3.8) is 0 Å². The molecule has 1 aliphatic rings. The number of aryl methyl sites for hydroxylation is 1. The van der Waals surface area contributed by atoms with E-state index >= 15 is 0 Å². The summed E-state index contributed by atoms with van der Waals surface area (Å²) in [5, 5.41) is 3.11. The van der Waals surface area contributed by atoms with Crippen LogP contribution in [0.15, 0.2) is 36.4 Å². The molecule has 4 nitrogen and oxygen atoms in total. The minimum atomic E-state index is 0.0141. The first-order valence-electron chi connectivity index (χ1n) is 8.40. The van der Waals surface area contributed by atoms with E-state index in [0.717, 1.165) is 28.6 Å². The van der Waals surface area contributed by atoms with Gasteiger partial charge in [-0.05, 0) is 62.7 Å². The summed E-state index contributed by atoms with van der Waals surface area (Å²) in [6.07, 6.45) is 2.44. The molecule has 1 aromatic heterocycles. The minimum Gasteiger partial charge on any atom is -0.497 e. The summed E-state index contributed by atoms with van der Waals surface area (Å²) in [7, 11) is 1.69. The predicted octanol–water partition coefficient (Wildman–Crippen LogP) is 3.63. The number of nitrogens with one attached hydrogen (secondary N) is 1. The molecule has 0 radical (unpaired) electrons. The quantitative estimate of drug-likeness (QED) is 0.870. The van der Waals surface area contributed by atoms with Crippen LogP contribution in [0.5, 0.6) is 5.75 Å². The summed E-state index contributed by atoms with van der Waals surface area (Å²) >= 11 is 1.54. The minimum absolute atomic E-state index is 0.0141. The van der Waals surface area contributed by atoms with Gasteiger partial charge in [0.2, 0.25) is 0 Å². The average molecular weight is 344 g/mol. The maximum absolute atomic E-state index is 12.4. The fraction of sp³-hybridized carbons (Fsp3) is 0.421. The molecule has 0 spiro atoms. The fourth-order valence-electron chi connectivity index (χ4n) is 3.19. The Hall–Kier alpha value is -1.85. The molecule has 2 heterocycles. The molecule has 128 valence electrons. The van der Waals surface area contributed by atoms with Crippen LogP contribution in [-0.2, 0) is 0 Å². The van der Waals surface area contributed by atoms with Gasteiger partial charge >= 0.3 is 0 Å². The van der Waals surface area contributed by atoms with Crippen LogP contribution in [-0.4, -0.2) is 37.6 Å². The third-order valence-electron chi connectivity index (χ3n) is 4.48. The van der Waals surface area contributed by atoms with E-state index in [4.69, 9.17) is 4.74 Å². The Morgan fingerprint density at radius 2 is 2.08 bits per heavy atom. The average Bonchev–Trinajstić information content (AvgIpc) is 3.27. The summed E-state index contributed by atoms with van der Waals surface area (Å²) in [5.41, 5.74) is 1.19. The van der Waals surface area contributed by atoms with Crippen molar-refractivity contribution in [1.82, 2.24) is 10.2 Å². The molecule has 1 amide bonds. The van der Waals surface area contributed by atoms with Crippen LogP contribution in [0.1, 0.15) is 39.0 Å². The summed E-state index contributed by atoms with van der Waals surface area (Å²) in [6.45, 7) is 4.79. The lowest BCUT2D eigenvalue weighted by Crippen LogP contribution is -2.36. The zero-order valence-electron chi connectivity index (χ0n) is 14.2. The van der Waals surface area contributed by atoms with Crippen molar-refractivity contribution in [2.24, 2.45) is 0 Å². The lowest BCUT2D eigenvalue weighted by molar-refractivity contribution is 0.0942. The van der Waals surface area contributed by atoms with Crippen LogP contribution in [0.4, 0.5) is 0 Å². The number of nitrogens with zero attached hydrogens (tertiary/aromatic N) is 1. The molecule has 5 heteroatoms. The topological polar surface area (TPSA) is 41.6 Å². The van der Waals surface area contributed by atoms with Gasteiger partial charge in [-0.3, -0.25) is 9.69 Å². The van der Waals surface area contributed by atoms with Crippen molar-refractivity contribution in [2.45, 2.75) is 25.8 Å². The number of ether oxygens (including phenoxy) is 1. The molecule has 1 aliphatic heterocycles. The number of carbonyl (C=O) groups excluding carboxylic acids is 1. The molecule has 1 unspecified atom stereocenters. The van der Waals surface area contributed by atoms with Crippen LogP contribution in [0.3, 0.4) is 0 Å². The van der Waals surface area contributed by atoms with Gasteiger partial charge in [0.15, 0.2) is 0 Å². The van der Waals surface area contributed by atoms with Gasteiger partial charge in [-0.15, -0.1) is 11.3 Å². The summed E-state index contributed by atoms with van der Waals surface area (Å²) < 4.78 is 5.36. The Morgan fingerprint density at radius 1 is 1.29 bits per heavy atom. The molecule has 0 bridgehead atoms. The second-order valence-corrected chi connectivity index (χ2v) is 7.44. The number of likely N-dealkylation sites (tertiary alicyclic amines) is 1. The van der Waals surface area contributed by atoms with E-state index in [0.29, 0.717) is 6.54 Å². The zero-order chi connectivity index (χ0) is 16.9. The molecule has 1 aromatic carbocycles. The number of rotatable bonds is 6. The van der Waals surface area contributed by atoms with Gasteiger partial charge in [-0.1, -0.05) is 12.1 Å². The maximum Gasteiger partial charge on any atom is 0.261 e. The number of hydrogen-bond donors (Lipinski definition) is 1. The maximum atomic E-state index is 12.4. The molecule has 1 fully saturated rings. The van der Waals surface area contributed by atoms with E-state index in [2.05, 4.69) is 22.3 Å². The van der Waals surface area contributed by atoms with Crippen LogP contribution in [0.2, 0.25) is 0 Å².